The lowest BCUT2D eigenvalue weighted by Gasteiger charge is -2.31. The molecule has 0 aromatic carbocycles. The molecule has 0 aromatic rings. The van der Waals surface area contributed by atoms with Crippen LogP contribution in [0.2, 0.25) is 0 Å². The number of esters is 1. The van der Waals surface area contributed by atoms with Crippen LogP contribution in [-0.4, -0.2) is 57.0 Å². The van der Waals surface area contributed by atoms with Crippen LogP contribution < -0.4 is 0 Å². The summed E-state index contributed by atoms with van der Waals surface area (Å²) in [7, 11) is -10.5. The molecule has 0 bridgehead atoms. The number of hydrogen-bond donors (Lipinski definition) is 0. The number of hydrogen-bond acceptors (Lipinski definition) is 8. The first-order valence-electron chi connectivity index (χ1n) is 7.68. The fourth-order valence-electron chi connectivity index (χ4n) is 1.54. The highest BCUT2D eigenvalue weighted by Gasteiger charge is 2.51. The van der Waals surface area contributed by atoms with Crippen LogP contribution in [-0.2, 0) is 38.7 Å². The van der Waals surface area contributed by atoms with Gasteiger partial charge in [0.2, 0.25) is 0 Å². The summed E-state index contributed by atoms with van der Waals surface area (Å²) in [6.45, 7) is 9.63. The van der Waals surface area contributed by atoms with Gasteiger partial charge in [-0.2, -0.15) is 25.9 Å². The molecule has 28 heavy (non-hydrogen) atoms. The second-order valence-electron chi connectivity index (χ2n) is 6.82. The van der Waals surface area contributed by atoms with Crippen LogP contribution in [0.15, 0.2) is 12.2 Å². The van der Waals surface area contributed by atoms with E-state index in [1.807, 2.05) is 0 Å². The molecule has 0 aliphatic carbocycles. The van der Waals surface area contributed by atoms with Gasteiger partial charge in [0.25, 0.3) is 10.0 Å². The summed E-state index contributed by atoms with van der Waals surface area (Å²) in [6, 6.07) is 0. The molecule has 166 valence electrons. The number of ether oxygens (including phenoxy) is 2. The average Bonchev–Trinajstić information content (AvgIpc) is 2.43. The van der Waals surface area contributed by atoms with E-state index in [-0.39, 0.29) is 18.6 Å². The molecule has 0 aliphatic rings. The van der Waals surface area contributed by atoms with Gasteiger partial charge in [-0.05, 0) is 34.6 Å². The van der Waals surface area contributed by atoms with Crippen LogP contribution >= 0.6 is 0 Å². The summed E-state index contributed by atoms with van der Waals surface area (Å²) < 4.78 is 97.2. The van der Waals surface area contributed by atoms with Crippen molar-refractivity contribution < 1.29 is 48.6 Å². The number of carbonyl (C=O) groups is 1. The molecule has 0 aliphatic heterocycles. The minimum absolute atomic E-state index is 0.0242. The summed E-state index contributed by atoms with van der Waals surface area (Å²) in [5.74, 6) is -0.664. The van der Waals surface area contributed by atoms with Crippen molar-refractivity contribution in [3.05, 3.63) is 12.2 Å². The van der Waals surface area contributed by atoms with E-state index in [0.29, 0.717) is 7.05 Å². The molecule has 0 fully saturated rings. The summed E-state index contributed by atoms with van der Waals surface area (Å²) in [5.41, 5.74) is -6.71. The lowest BCUT2D eigenvalue weighted by Crippen LogP contribution is -2.47. The summed E-state index contributed by atoms with van der Waals surface area (Å²) in [5, 5.41) is 0. The van der Waals surface area contributed by atoms with Gasteiger partial charge in [0, 0.05) is 19.0 Å². The monoisotopic (exact) mass is 455 g/mol. The van der Waals surface area contributed by atoms with Crippen molar-refractivity contribution in [3.63, 3.8) is 0 Å². The Morgan fingerprint density at radius 1 is 1.07 bits per heavy atom. The zero-order valence-electron chi connectivity index (χ0n) is 16.3. The summed E-state index contributed by atoms with van der Waals surface area (Å²) >= 11 is 0. The van der Waals surface area contributed by atoms with Crippen LogP contribution in [0, 0.1) is 0 Å². The van der Waals surface area contributed by atoms with Crippen molar-refractivity contribution in [3.8, 4) is 0 Å². The van der Waals surface area contributed by atoms with Crippen LogP contribution in [0.25, 0.3) is 0 Å². The number of hydroxylamine groups is 1. The topological polar surface area (TPSA) is 116 Å². The van der Waals surface area contributed by atoms with Gasteiger partial charge in [0.1, 0.15) is 5.60 Å². The fraction of sp³-hybridized carbons (Fsp3) is 0.786. The van der Waals surface area contributed by atoms with Gasteiger partial charge in [-0.1, -0.05) is 11.0 Å². The first kappa shape index (κ1) is 26.8. The van der Waals surface area contributed by atoms with Crippen molar-refractivity contribution >= 4 is 26.1 Å². The van der Waals surface area contributed by atoms with Crippen LogP contribution in [0.5, 0.6) is 0 Å². The molecule has 0 unspecified atom stereocenters. The van der Waals surface area contributed by atoms with E-state index in [2.05, 4.69) is 10.9 Å². The van der Waals surface area contributed by atoms with E-state index < -0.39 is 46.6 Å². The molecule has 0 radical (unpaired) electrons. The Morgan fingerprint density at radius 3 is 1.93 bits per heavy atom. The first-order chi connectivity index (χ1) is 12.2. The Morgan fingerprint density at radius 2 is 1.54 bits per heavy atom. The average molecular weight is 455 g/mol. The van der Waals surface area contributed by atoms with Crippen molar-refractivity contribution in [2.24, 2.45) is 0 Å². The number of alkyl halides is 3. The molecule has 0 aromatic heterocycles. The summed E-state index contributed by atoms with van der Waals surface area (Å²) in [6.07, 6.45) is 0.0242. The number of carbonyl (C=O) groups excluding carboxylic acids is 1. The van der Waals surface area contributed by atoms with Gasteiger partial charge in [-0.15, -0.1) is 0 Å². The second kappa shape index (κ2) is 8.65. The molecular weight excluding hydrogens is 431 g/mol. The third-order valence-electron chi connectivity index (χ3n) is 3.32. The minimum Gasteiger partial charge on any atom is -0.456 e. The molecule has 0 saturated heterocycles. The van der Waals surface area contributed by atoms with Gasteiger partial charge in [0.05, 0.1) is 6.61 Å². The number of rotatable bonds is 10. The normalized spacial score (nSPS) is 14.2. The van der Waals surface area contributed by atoms with E-state index >= 15 is 0 Å². The largest absolute Gasteiger partial charge is 0.524 e. The molecule has 9 nitrogen and oxygen atoms in total. The second-order valence-corrected chi connectivity index (χ2v) is 10.8. The van der Waals surface area contributed by atoms with Gasteiger partial charge in [-0.3, -0.25) is 0 Å². The zero-order chi connectivity index (χ0) is 22.8. The predicted molar refractivity (Wildman–Crippen MR) is 92.4 cm³/mol. The van der Waals surface area contributed by atoms with E-state index in [9.17, 15) is 34.8 Å². The molecule has 0 atom stereocenters. The van der Waals surface area contributed by atoms with Crippen LogP contribution in [0.3, 0.4) is 0 Å². The third-order valence-corrected chi connectivity index (χ3v) is 6.51. The van der Waals surface area contributed by atoms with Crippen molar-refractivity contribution in [1.29, 1.82) is 0 Å². The highest BCUT2D eigenvalue weighted by Crippen LogP contribution is 2.29. The van der Waals surface area contributed by atoms with Crippen LogP contribution in [0.1, 0.15) is 41.0 Å². The minimum atomic E-state index is -6.18. The lowest BCUT2D eigenvalue weighted by atomic mass is 10.1. The lowest BCUT2D eigenvalue weighted by molar-refractivity contribution is -0.153. The van der Waals surface area contributed by atoms with Gasteiger partial charge >= 0.3 is 21.6 Å². The molecular formula is C14H24F3NO8S2. The molecule has 0 heterocycles. The van der Waals surface area contributed by atoms with E-state index in [1.165, 1.54) is 20.8 Å². The van der Waals surface area contributed by atoms with Crippen LogP contribution in [0.4, 0.5) is 13.2 Å². The Bertz CT molecular complexity index is 801. The quantitative estimate of drug-likeness (QED) is 0.213. The number of sulfonamides is 1. The SMILES string of the molecule is C=C(C)C(=O)OC(C)(C)CCOC(C)(C)S(=O)(=O)N(C)OS(=O)(=O)C(F)(F)F. The highest BCUT2D eigenvalue weighted by atomic mass is 32.2. The third kappa shape index (κ3) is 6.99. The Kier molecular flexibility index (Phi) is 8.27. The molecule has 14 heteroatoms. The van der Waals surface area contributed by atoms with E-state index in [4.69, 9.17) is 9.47 Å². The maximum absolute atomic E-state index is 12.4. The maximum atomic E-state index is 12.4. The molecule has 0 amide bonds. The van der Waals surface area contributed by atoms with Gasteiger partial charge in [0.15, 0.2) is 4.93 Å². The van der Waals surface area contributed by atoms with Gasteiger partial charge < -0.3 is 9.47 Å². The Labute approximate surface area is 162 Å². The smallest absolute Gasteiger partial charge is 0.456 e. The predicted octanol–water partition coefficient (Wildman–Crippen LogP) is 2.07. The first-order valence-corrected chi connectivity index (χ1v) is 10.5. The van der Waals surface area contributed by atoms with Crippen molar-refractivity contribution in [2.45, 2.75) is 57.1 Å². The maximum Gasteiger partial charge on any atom is 0.524 e. The standard InChI is InChI=1S/C14H24F3NO8S2/c1-10(2)11(19)25-12(3,4)8-9-24-13(5,6)27(20,21)18(7)26-28(22,23)14(15,16)17/h1,8-9H2,2-7H3. The molecule has 0 rings (SSSR count). The molecule has 0 N–H and O–H groups in total. The van der Waals surface area contributed by atoms with Crippen molar-refractivity contribution in [2.75, 3.05) is 13.7 Å². The molecule has 0 saturated carbocycles. The number of nitrogens with zero attached hydrogens (tertiary/aromatic N) is 1. The summed E-state index contributed by atoms with van der Waals surface area (Å²) in [4.78, 5) is 9.40. The zero-order valence-corrected chi connectivity index (χ0v) is 17.9. The van der Waals surface area contributed by atoms with Gasteiger partial charge in [-0.25, -0.2) is 13.2 Å². The fourth-order valence-corrected chi connectivity index (χ4v) is 3.31. The van der Waals surface area contributed by atoms with Crippen molar-refractivity contribution in [1.82, 2.24) is 4.47 Å². The van der Waals surface area contributed by atoms with E-state index in [0.717, 1.165) is 13.8 Å². The molecule has 0 spiro atoms. The highest BCUT2D eigenvalue weighted by molar-refractivity contribution is 7.91. The number of halogens is 3. The Balaban J connectivity index is 5.14. The van der Waals surface area contributed by atoms with E-state index in [1.54, 1.807) is 0 Å². The Hall–Kier alpha value is -1.22.